The average molecular weight is 558 g/mol. The zero-order chi connectivity index (χ0) is 26.9. The Morgan fingerprint density at radius 1 is 0.595 bits per heavy atom. The normalized spacial score (nSPS) is 11.7. The Morgan fingerprint density at radius 3 is 1.51 bits per heavy atom. The lowest BCUT2D eigenvalue weighted by molar-refractivity contribution is -0.140. The molecule has 0 rings (SSSR count). The highest BCUT2D eigenvalue weighted by Gasteiger charge is 2.06. The van der Waals surface area contributed by atoms with Crippen LogP contribution in [-0.4, -0.2) is 41.6 Å². The van der Waals surface area contributed by atoms with Crippen LogP contribution in [0.15, 0.2) is 0 Å². The number of hydrogen-bond acceptors (Lipinski definition) is 5. The van der Waals surface area contributed by atoms with Gasteiger partial charge in [-0.05, 0) is 57.3 Å². The van der Waals surface area contributed by atoms with E-state index in [2.05, 4.69) is 5.40 Å². The molecule has 6 heteroatoms. The fraction of sp³-hybridized carbons (Fsp3) is 0.968. The molecule has 0 aliphatic carbocycles. The van der Waals surface area contributed by atoms with Crippen molar-refractivity contribution in [3.05, 3.63) is 0 Å². The van der Waals surface area contributed by atoms with Gasteiger partial charge in [-0.15, -0.1) is 0 Å². The summed E-state index contributed by atoms with van der Waals surface area (Å²) in [5.41, 5.74) is 0. The molecule has 0 aliphatic rings. The largest absolute Gasteiger partial charge is 0.424 e. The van der Waals surface area contributed by atoms with Gasteiger partial charge < -0.3 is 13.9 Å². The van der Waals surface area contributed by atoms with Crippen molar-refractivity contribution in [3.8, 4) is 5.40 Å². The van der Waals surface area contributed by atoms with Crippen molar-refractivity contribution in [2.45, 2.75) is 167 Å². The summed E-state index contributed by atoms with van der Waals surface area (Å²) in [5.74, 6) is 1.01. The third-order valence-corrected chi connectivity index (χ3v) is 9.02. The van der Waals surface area contributed by atoms with E-state index in [-0.39, 0.29) is 16.1 Å². The molecule has 0 aromatic heterocycles. The standard InChI is InChI=1S/C31H63NO3SSi/c1-3-33-31(34-4-2)26-22-18-14-12-10-8-6-5-7-9-11-13-15-19-23-27-35-37-29-25-21-17-16-20-24-28-36-30-32/h31H,3-29,37H2,1-2H3. The van der Waals surface area contributed by atoms with Gasteiger partial charge in [-0.1, -0.05) is 116 Å². The Balaban J connectivity index is 3.10. The summed E-state index contributed by atoms with van der Waals surface area (Å²) in [6, 6.07) is 1.36. The molecule has 0 amide bonds. The van der Waals surface area contributed by atoms with E-state index in [1.54, 1.807) is 0 Å². The van der Waals surface area contributed by atoms with Gasteiger partial charge in [-0.3, -0.25) is 0 Å². The number of hydrogen-bond donors (Lipinski definition) is 0. The smallest absolute Gasteiger partial charge is 0.161 e. The summed E-state index contributed by atoms with van der Waals surface area (Å²) in [6.45, 7) is 6.59. The van der Waals surface area contributed by atoms with Gasteiger partial charge in [0.05, 0.1) is 0 Å². The van der Waals surface area contributed by atoms with Crippen LogP contribution < -0.4 is 0 Å². The van der Waals surface area contributed by atoms with Crippen molar-refractivity contribution in [1.29, 1.82) is 5.26 Å². The molecule has 0 heterocycles. The quantitative estimate of drug-likeness (QED) is 0.0356. The maximum Gasteiger partial charge on any atom is 0.161 e. The van der Waals surface area contributed by atoms with E-state index in [1.165, 1.54) is 153 Å². The molecule has 0 aliphatic heterocycles. The minimum absolute atomic E-state index is 0.0171. The van der Waals surface area contributed by atoms with Crippen LogP contribution >= 0.6 is 11.8 Å². The van der Waals surface area contributed by atoms with Crippen molar-refractivity contribution in [2.24, 2.45) is 0 Å². The number of thiocyanates is 1. The monoisotopic (exact) mass is 557 g/mol. The van der Waals surface area contributed by atoms with Gasteiger partial charge in [0.2, 0.25) is 0 Å². The molecule has 0 unspecified atom stereocenters. The summed E-state index contributed by atoms with van der Waals surface area (Å²) in [7, 11) is -0.261. The predicted octanol–water partition coefficient (Wildman–Crippen LogP) is 9.70. The molecule has 0 N–H and O–H groups in total. The van der Waals surface area contributed by atoms with Crippen molar-refractivity contribution >= 4 is 21.5 Å². The molecule has 37 heavy (non-hydrogen) atoms. The molecule has 0 bridgehead atoms. The molecule has 0 radical (unpaired) electrons. The minimum Gasteiger partial charge on any atom is -0.424 e. The first-order valence-corrected chi connectivity index (χ1v) is 18.7. The summed E-state index contributed by atoms with van der Waals surface area (Å²) in [4.78, 5) is 0. The van der Waals surface area contributed by atoms with Gasteiger partial charge in [-0.2, -0.15) is 5.26 Å². The van der Waals surface area contributed by atoms with Crippen LogP contribution in [-0.2, 0) is 13.9 Å². The van der Waals surface area contributed by atoms with E-state index in [0.717, 1.165) is 32.0 Å². The van der Waals surface area contributed by atoms with E-state index in [4.69, 9.17) is 19.2 Å². The van der Waals surface area contributed by atoms with Gasteiger partial charge in [0.1, 0.15) is 5.40 Å². The summed E-state index contributed by atoms with van der Waals surface area (Å²) in [6.07, 6.45) is 29.7. The second kappa shape index (κ2) is 34.0. The fourth-order valence-corrected chi connectivity index (χ4v) is 6.42. The van der Waals surface area contributed by atoms with Crippen molar-refractivity contribution in [3.63, 3.8) is 0 Å². The lowest BCUT2D eigenvalue weighted by atomic mass is 10.0. The molecule has 220 valence electrons. The molecular formula is C31H63NO3SSi. The summed E-state index contributed by atoms with van der Waals surface area (Å²) >= 11 is 1.39. The topological polar surface area (TPSA) is 51.5 Å². The SMILES string of the molecule is CCOC(CCCCCCCCCCCCCCCCCO[SiH2]CCCCCCCCSC#N)OCC. The Labute approximate surface area is 238 Å². The number of nitrogens with zero attached hydrogens (tertiary/aromatic N) is 1. The molecule has 0 saturated heterocycles. The zero-order valence-electron chi connectivity index (χ0n) is 25.0. The summed E-state index contributed by atoms with van der Waals surface area (Å²) in [5, 5.41) is 10.6. The molecule has 0 aromatic rings. The number of thioether (sulfide) groups is 1. The van der Waals surface area contributed by atoms with Crippen LogP contribution in [0.5, 0.6) is 0 Å². The number of ether oxygens (including phenoxy) is 2. The van der Waals surface area contributed by atoms with E-state index in [1.807, 2.05) is 13.8 Å². The highest BCUT2D eigenvalue weighted by atomic mass is 32.2. The Bertz CT molecular complexity index is 458. The van der Waals surface area contributed by atoms with Crippen molar-refractivity contribution < 1.29 is 13.9 Å². The minimum atomic E-state index is -0.261. The number of nitriles is 1. The van der Waals surface area contributed by atoms with Gasteiger partial charge in [0.25, 0.3) is 0 Å². The van der Waals surface area contributed by atoms with Gasteiger partial charge >= 0.3 is 0 Å². The first-order chi connectivity index (χ1) is 18.3. The third kappa shape index (κ3) is 32.0. The molecule has 0 spiro atoms. The maximum absolute atomic E-state index is 8.48. The Morgan fingerprint density at radius 2 is 1.03 bits per heavy atom. The second-order valence-corrected chi connectivity index (χ2v) is 12.9. The molecule has 0 saturated carbocycles. The number of rotatable bonds is 32. The zero-order valence-corrected chi connectivity index (χ0v) is 27.2. The second-order valence-electron chi connectivity index (χ2n) is 10.5. The molecule has 0 atom stereocenters. The van der Waals surface area contributed by atoms with Crippen molar-refractivity contribution in [1.82, 2.24) is 0 Å². The Kier molecular flexibility index (Phi) is 33.9. The predicted molar refractivity (Wildman–Crippen MR) is 166 cm³/mol. The first-order valence-electron chi connectivity index (χ1n) is 16.2. The van der Waals surface area contributed by atoms with Crippen LogP contribution in [0.1, 0.15) is 155 Å². The highest BCUT2D eigenvalue weighted by molar-refractivity contribution is 8.03. The van der Waals surface area contributed by atoms with E-state index < -0.39 is 0 Å². The third-order valence-electron chi connectivity index (χ3n) is 7.03. The van der Waals surface area contributed by atoms with Crippen molar-refractivity contribution in [2.75, 3.05) is 25.6 Å². The van der Waals surface area contributed by atoms with Crippen LogP contribution in [0.2, 0.25) is 6.04 Å². The fourth-order valence-electron chi connectivity index (χ4n) is 4.81. The van der Waals surface area contributed by atoms with E-state index in [9.17, 15) is 0 Å². The van der Waals surface area contributed by atoms with E-state index in [0.29, 0.717) is 0 Å². The van der Waals surface area contributed by atoms with Gasteiger partial charge in [-0.25, -0.2) is 0 Å². The van der Waals surface area contributed by atoms with Crippen LogP contribution in [0.4, 0.5) is 0 Å². The van der Waals surface area contributed by atoms with Gasteiger partial charge in [0, 0.05) is 25.6 Å². The first kappa shape index (κ1) is 36.9. The lowest BCUT2D eigenvalue weighted by Crippen LogP contribution is -2.17. The van der Waals surface area contributed by atoms with E-state index >= 15 is 0 Å². The van der Waals surface area contributed by atoms with Crippen LogP contribution in [0, 0.1) is 10.7 Å². The van der Waals surface area contributed by atoms with Gasteiger partial charge in [0.15, 0.2) is 16.1 Å². The molecule has 0 fully saturated rings. The molecular weight excluding hydrogens is 494 g/mol. The van der Waals surface area contributed by atoms with Crippen LogP contribution in [0.3, 0.4) is 0 Å². The molecule has 4 nitrogen and oxygen atoms in total. The maximum atomic E-state index is 8.48. The highest BCUT2D eigenvalue weighted by Crippen LogP contribution is 2.15. The lowest BCUT2D eigenvalue weighted by Gasteiger charge is -2.16. The average Bonchev–Trinajstić information content (AvgIpc) is 2.90. The number of unbranched alkanes of at least 4 members (excludes halogenated alkanes) is 19. The summed E-state index contributed by atoms with van der Waals surface area (Å²) < 4.78 is 17.2. The Hall–Kier alpha value is -0.0631. The van der Waals surface area contributed by atoms with Crippen LogP contribution in [0.25, 0.3) is 0 Å². The molecule has 0 aromatic carbocycles.